The molecule has 2 bridgehead atoms. The minimum atomic E-state index is 0.303. The van der Waals surface area contributed by atoms with Gasteiger partial charge in [0, 0.05) is 6.04 Å². The van der Waals surface area contributed by atoms with Crippen LogP contribution in [0, 0.1) is 24.7 Å². The fraction of sp³-hybridized carbons (Fsp3) is 0.625. The third kappa shape index (κ3) is 2.14. The Labute approximate surface area is 109 Å². The first-order chi connectivity index (χ1) is 8.63. The summed E-state index contributed by atoms with van der Waals surface area (Å²) in [6.07, 6.45) is 7.58. The Hall–Kier alpha value is -1.02. The maximum absolute atomic E-state index is 5.69. The van der Waals surface area contributed by atoms with Gasteiger partial charge in [0.2, 0.25) is 0 Å². The fourth-order valence-electron chi connectivity index (χ4n) is 3.68. The van der Waals surface area contributed by atoms with Gasteiger partial charge in [-0.15, -0.1) is 0 Å². The third-order valence-electron chi connectivity index (χ3n) is 4.67. The number of aryl methyl sites for hydroxylation is 1. The first-order valence-electron chi connectivity index (χ1n) is 7.14. The van der Waals surface area contributed by atoms with Gasteiger partial charge in [0.05, 0.1) is 6.04 Å². The fourth-order valence-corrected chi connectivity index (χ4v) is 3.68. The molecule has 5 unspecified atom stereocenters. The lowest BCUT2D eigenvalue weighted by Gasteiger charge is -2.28. The summed E-state index contributed by atoms with van der Waals surface area (Å²) in [6, 6.07) is 4.99. The van der Waals surface area contributed by atoms with E-state index in [4.69, 9.17) is 4.42 Å². The van der Waals surface area contributed by atoms with Gasteiger partial charge in [-0.25, -0.2) is 0 Å². The van der Waals surface area contributed by atoms with Gasteiger partial charge in [-0.1, -0.05) is 12.2 Å². The summed E-state index contributed by atoms with van der Waals surface area (Å²) in [5.74, 6) is 4.51. The summed E-state index contributed by atoms with van der Waals surface area (Å²) in [7, 11) is 0. The lowest BCUT2D eigenvalue weighted by molar-refractivity contribution is 0.290. The van der Waals surface area contributed by atoms with Crippen molar-refractivity contribution in [3.05, 3.63) is 35.8 Å². The van der Waals surface area contributed by atoms with Crippen molar-refractivity contribution in [3.8, 4) is 0 Å². The van der Waals surface area contributed by atoms with Gasteiger partial charge < -0.3 is 9.73 Å². The van der Waals surface area contributed by atoms with Crippen LogP contribution in [0.1, 0.15) is 44.3 Å². The van der Waals surface area contributed by atoms with Crippen LogP contribution < -0.4 is 5.32 Å². The molecule has 2 aliphatic rings. The average molecular weight is 245 g/mol. The van der Waals surface area contributed by atoms with E-state index in [9.17, 15) is 0 Å². The van der Waals surface area contributed by atoms with Crippen molar-refractivity contribution in [2.24, 2.45) is 17.8 Å². The monoisotopic (exact) mass is 245 g/mol. The van der Waals surface area contributed by atoms with E-state index in [-0.39, 0.29) is 0 Å². The Kier molecular flexibility index (Phi) is 3.06. The van der Waals surface area contributed by atoms with Gasteiger partial charge in [0.15, 0.2) is 0 Å². The molecule has 98 valence electrons. The van der Waals surface area contributed by atoms with E-state index in [1.807, 2.05) is 13.0 Å². The summed E-state index contributed by atoms with van der Waals surface area (Å²) >= 11 is 0. The van der Waals surface area contributed by atoms with E-state index in [1.165, 1.54) is 12.8 Å². The van der Waals surface area contributed by atoms with E-state index < -0.39 is 0 Å². The highest BCUT2D eigenvalue weighted by Crippen LogP contribution is 2.45. The summed E-state index contributed by atoms with van der Waals surface area (Å²) in [5, 5.41) is 3.71. The number of furan rings is 1. The second kappa shape index (κ2) is 4.58. The molecular weight excluding hydrogens is 222 g/mol. The molecule has 1 heterocycles. The van der Waals surface area contributed by atoms with Crippen molar-refractivity contribution >= 4 is 0 Å². The molecule has 0 amide bonds. The van der Waals surface area contributed by atoms with Crippen molar-refractivity contribution in [3.63, 3.8) is 0 Å². The van der Waals surface area contributed by atoms with E-state index in [0.717, 1.165) is 29.3 Å². The Bertz CT molecular complexity index is 448. The zero-order valence-corrected chi connectivity index (χ0v) is 11.5. The molecule has 1 saturated carbocycles. The molecule has 0 saturated heterocycles. The number of rotatable bonds is 4. The largest absolute Gasteiger partial charge is 0.465 e. The summed E-state index contributed by atoms with van der Waals surface area (Å²) in [5.41, 5.74) is 0. The molecule has 3 rings (SSSR count). The van der Waals surface area contributed by atoms with Gasteiger partial charge >= 0.3 is 0 Å². The van der Waals surface area contributed by atoms with Crippen LogP contribution in [0.25, 0.3) is 0 Å². The highest BCUT2D eigenvalue weighted by Gasteiger charge is 2.38. The minimum absolute atomic E-state index is 0.303. The molecule has 2 heteroatoms. The minimum Gasteiger partial charge on any atom is -0.465 e. The standard InChI is InChI=1S/C16H23NO/c1-10-4-7-16(18-10)12(3)17-11(2)15-9-13-5-6-14(15)8-13/h4-7,11-15,17H,8-9H2,1-3H3. The van der Waals surface area contributed by atoms with E-state index in [0.29, 0.717) is 12.1 Å². The molecule has 0 radical (unpaired) electrons. The van der Waals surface area contributed by atoms with Gasteiger partial charge in [-0.05, 0) is 63.5 Å². The number of fused-ring (bicyclic) bond motifs is 2. The molecule has 1 aromatic rings. The average Bonchev–Trinajstić information content (AvgIpc) is 3.03. The Morgan fingerprint density at radius 2 is 2.06 bits per heavy atom. The Balaban J connectivity index is 1.61. The SMILES string of the molecule is Cc1ccc(C(C)NC(C)C2CC3C=CC2C3)o1. The van der Waals surface area contributed by atoms with Crippen molar-refractivity contribution in [2.75, 3.05) is 0 Å². The maximum atomic E-state index is 5.69. The predicted octanol–water partition coefficient (Wildman–Crippen LogP) is 3.84. The molecule has 0 aromatic carbocycles. The third-order valence-corrected chi connectivity index (χ3v) is 4.67. The molecule has 5 atom stereocenters. The molecule has 1 aromatic heterocycles. The van der Waals surface area contributed by atoms with Crippen molar-refractivity contribution in [1.29, 1.82) is 0 Å². The highest BCUT2D eigenvalue weighted by atomic mass is 16.3. The molecule has 1 fully saturated rings. The van der Waals surface area contributed by atoms with Crippen molar-refractivity contribution in [2.45, 2.75) is 45.7 Å². The van der Waals surface area contributed by atoms with Gasteiger partial charge in [-0.2, -0.15) is 0 Å². The lowest BCUT2D eigenvalue weighted by Crippen LogP contribution is -2.37. The summed E-state index contributed by atoms with van der Waals surface area (Å²) in [4.78, 5) is 0. The molecular formula is C16H23NO. The first-order valence-corrected chi connectivity index (χ1v) is 7.14. The number of hydrogen-bond donors (Lipinski definition) is 1. The second-order valence-electron chi connectivity index (χ2n) is 6.07. The quantitative estimate of drug-likeness (QED) is 0.815. The summed E-state index contributed by atoms with van der Waals surface area (Å²) < 4.78 is 5.69. The van der Waals surface area contributed by atoms with E-state index >= 15 is 0 Å². The van der Waals surface area contributed by atoms with Crippen molar-refractivity contribution < 1.29 is 4.42 Å². The van der Waals surface area contributed by atoms with Crippen LogP contribution in [0.4, 0.5) is 0 Å². The molecule has 18 heavy (non-hydrogen) atoms. The normalized spacial score (nSPS) is 32.9. The van der Waals surface area contributed by atoms with Gasteiger partial charge in [0.1, 0.15) is 11.5 Å². The van der Waals surface area contributed by atoms with E-state index in [2.05, 4.69) is 37.4 Å². The Morgan fingerprint density at radius 1 is 1.22 bits per heavy atom. The van der Waals surface area contributed by atoms with Crippen LogP contribution in [0.3, 0.4) is 0 Å². The first kappa shape index (κ1) is 12.0. The lowest BCUT2D eigenvalue weighted by atomic mass is 9.87. The molecule has 2 aliphatic carbocycles. The number of nitrogens with one attached hydrogen (secondary N) is 1. The van der Waals surface area contributed by atoms with Gasteiger partial charge in [-0.3, -0.25) is 0 Å². The van der Waals surface area contributed by atoms with Crippen LogP contribution in [-0.4, -0.2) is 6.04 Å². The zero-order valence-electron chi connectivity index (χ0n) is 11.5. The van der Waals surface area contributed by atoms with Crippen LogP contribution in [-0.2, 0) is 0 Å². The Morgan fingerprint density at radius 3 is 2.61 bits per heavy atom. The van der Waals surface area contributed by atoms with Gasteiger partial charge in [0.25, 0.3) is 0 Å². The number of allylic oxidation sites excluding steroid dienone is 2. The van der Waals surface area contributed by atoms with Crippen LogP contribution in [0.15, 0.2) is 28.7 Å². The molecule has 2 nitrogen and oxygen atoms in total. The molecule has 0 spiro atoms. The van der Waals surface area contributed by atoms with Crippen LogP contribution in [0.2, 0.25) is 0 Å². The van der Waals surface area contributed by atoms with E-state index in [1.54, 1.807) is 0 Å². The second-order valence-corrected chi connectivity index (χ2v) is 6.07. The van der Waals surface area contributed by atoms with Crippen LogP contribution >= 0.6 is 0 Å². The smallest absolute Gasteiger partial charge is 0.120 e. The molecule has 0 aliphatic heterocycles. The topological polar surface area (TPSA) is 25.2 Å². The van der Waals surface area contributed by atoms with Crippen molar-refractivity contribution in [1.82, 2.24) is 5.32 Å². The molecule has 1 N–H and O–H groups in total. The zero-order chi connectivity index (χ0) is 12.7. The maximum Gasteiger partial charge on any atom is 0.120 e. The summed E-state index contributed by atoms with van der Waals surface area (Å²) in [6.45, 7) is 6.52. The predicted molar refractivity (Wildman–Crippen MR) is 73.3 cm³/mol. The number of hydrogen-bond acceptors (Lipinski definition) is 2. The van der Waals surface area contributed by atoms with Crippen LogP contribution in [0.5, 0.6) is 0 Å². The highest BCUT2D eigenvalue weighted by molar-refractivity contribution is 5.13.